The molecule has 1 saturated carbocycles. The highest BCUT2D eigenvalue weighted by Crippen LogP contribution is 2.32. The van der Waals surface area contributed by atoms with Gasteiger partial charge in [0.15, 0.2) is 0 Å². The molecule has 0 bridgehead atoms. The third kappa shape index (κ3) is 3.32. The molecule has 5 heteroatoms. The van der Waals surface area contributed by atoms with E-state index in [2.05, 4.69) is 10.2 Å². The second-order valence-corrected chi connectivity index (χ2v) is 4.64. The molecule has 1 aromatic rings. The Balaban J connectivity index is 1.83. The van der Waals surface area contributed by atoms with Gasteiger partial charge in [0.2, 0.25) is 11.8 Å². The standard InChI is InChI=1S/C11H16N2O3/c1-7(5-11(14)15)4-9-12-13-10(16-9)6-8-2-3-8/h7-8H,2-6H2,1H3,(H,14,15). The van der Waals surface area contributed by atoms with Gasteiger partial charge in [-0.3, -0.25) is 4.79 Å². The highest BCUT2D eigenvalue weighted by molar-refractivity contribution is 5.66. The molecule has 0 spiro atoms. The van der Waals surface area contributed by atoms with Crippen LogP contribution in [0.3, 0.4) is 0 Å². The summed E-state index contributed by atoms with van der Waals surface area (Å²) < 4.78 is 5.47. The van der Waals surface area contributed by atoms with Crippen LogP contribution in [-0.2, 0) is 17.6 Å². The van der Waals surface area contributed by atoms with E-state index >= 15 is 0 Å². The molecule has 0 amide bonds. The lowest BCUT2D eigenvalue weighted by atomic mass is 10.0. The summed E-state index contributed by atoms with van der Waals surface area (Å²) in [4.78, 5) is 10.5. The zero-order chi connectivity index (χ0) is 11.5. The van der Waals surface area contributed by atoms with Gasteiger partial charge in [0, 0.05) is 19.3 Å². The van der Waals surface area contributed by atoms with E-state index in [-0.39, 0.29) is 12.3 Å². The van der Waals surface area contributed by atoms with Crippen LogP contribution in [0.4, 0.5) is 0 Å². The molecule has 1 aromatic heterocycles. The number of hydrogen-bond acceptors (Lipinski definition) is 4. The maximum Gasteiger partial charge on any atom is 0.303 e. The monoisotopic (exact) mass is 224 g/mol. The van der Waals surface area contributed by atoms with Gasteiger partial charge in [-0.2, -0.15) is 0 Å². The molecular weight excluding hydrogens is 208 g/mol. The van der Waals surface area contributed by atoms with E-state index in [0.29, 0.717) is 18.2 Å². The lowest BCUT2D eigenvalue weighted by molar-refractivity contribution is -0.137. The zero-order valence-corrected chi connectivity index (χ0v) is 9.35. The topological polar surface area (TPSA) is 76.2 Å². The van der Waals surface area contributed by atoms with Crippen LogP contribution >= 0.6 is 0 Å². The smallest absolute Gasteiger partial charge is 0.303 e. The predicted molar refractivity (Wildman–Crippen MR) is 55.8 cm³/mol. The van der Waals surface area contributed by atoms with E-state index in [1.165, 1.54) is 12.8 Å². The number of carboxylic acid groups (broad SMARTS) is 1. The Kier molecular flexibility index (Phi) is 3.22. The van der Waals surface area contributed by atoms with Gasteiger partial charge >= 0.3 is 5.97 Å². The van der Waals surface area contributed by atoms with Gasteiger partial charge in [-0.05, 0) is 24.7 Å². The van der Waals surface area contributed by atoms with E-state index in [9.17, 15) is 4.79 Å². The van der Waals surface area contributed by atoms with E-state index in [4.69, 9.17) is 9.52 Å². The van der Waals surface area contributed by atoms with Crippen molar-refractivity contribution in [3.63, 3.8) is 0 Å². The molecule has 0 saturated heterocycles. The van der Waals surface area contributed by atoms with E-state index in [0.717, 1.165) is 12.3 Å². The van der Waals surface area contributed by atoms with Crippen molar-refractivity contribution in [2.24, 2.45) is 11.8 Å². The van der Waals surface area contributed by atoms with Crippen LogP contribution in [0, 0.1) is 11.8 Å². The number of carboxylic acids is 1. The van der Waals surface area contributed by atoms with Crippen LogP contribution in [-0.4, -0.2) is 21.3 Å². The Labute approximate surface area is 93.9 Å². The quantitative estimate of drug-likeness (QED) is 0.795. The van der Waals surface area contributed by atoms with Gasteiger partial charge in [-0.1, -0.05) is 6.92 Å². The summed E-state index contributed by atoms with van der Waals surface area (Å²) >= 11 is 0. The molecule has 0 aliphatic heterocycles. The second-order valence-electron chi connectivity index (χ2n) is 4.64. The summed E-state index contributed by atoms with van der Waals surface area (Å²) in [6.45, 7) is 1.87. The van der Waals surface area contributed by atoms with Crippen molar-refractivity contribution in [3.05, 3.63) is 11.8 Å². The first-order chi connectivity index (χ1) is 7.63. The van der Waals surface area contributed by atoms with Gasteiger partial charge in [0.1, 0.15) is 0 Å². The molecule has 1 N–H and O–H groups in total. The van der Waals surface area contributed by atoms with Crippen molar-refractivity contribution in [3.8, 4) is 0 Å². The first-order valence-corrected chi connectivity index (χ1v) is 5.66. The Hall–Kier alpha value is -1.39. The molecule has 0 radical (unpaired) electrons. The molecule has 0 aromatic carbocycles. The van der Waals surface area contributed by atoms with Gasteiger partial charge in [-0.25, -0.2) is 0 Å². The maximum absolute atomic E-state index is 10.5. The number of aliphatic carboxylic acids is 1. The summed E-state index contributed by atoms with van der Waals surface area (Å²) in [5.41, 5.74) is 0. The first kappa shape index (κ1) is 11.1. The molecule has 1 atom stereocenters. The summed E-state index contributed by atoms with van der Waals surface area (Å²) in [5, 5.41) is 16.5. The Morgan fingerprint density at radius 1 is 1.50 bits per heavy atom. The number of nitrogens with zero attached hydrogens (tertiary/aromatic N) is 2. The number of aromatic nitrogens is 2. The Morgan fingerprint density at radius 2 is 2.19 bits per heavy atom. The first-order valence-electron chi connectivity index (χ1n) is 5.66. The van der Waals surface area contributed by atoms with Crippen molar-refractivity contribution in [2.75, 3.05) is 0 Å². The number of rotatable bonds is 6. The third-order valence-electron chi connectivity index (χ3n) is 2.72. The van der Waals surface area contributed by atoms with Crippen LogP contribution in [0.15, 0.2) is 4.42 Å². The van der Waals surface area contributed by atoms with Crippen molar-refractivity contribution >= 4 is 5.97 Å². The van der Waals surface area contributed by atoms with E-state index in [1.54, 1.807) is 0 Å². The highest BCUT2D eigenvalue weighted by atomic mass is 16.4. The molecular formula is C11H16N2O3. The molecule has 1 aliphatic rings. The minimum absolute atomic E-state index is 0.0340. The maximum atomic E-state index is 10.5. The molecule has 5 nitrogen and oxygen atoms in total. The van der Waals surface area contributed by atoms with E-state index < -0.39 is 5.97 Å². The van der Waals surface area contributed by atoms with Crippen molar-refractivity contribution in [2.45, 2.75) is 39.0 Å². The predicted octanol–water partition coefficient (Wildman–Crippen LogP) is 1.68. The normalized spacial score (nSPS) is 17.3. The van der Waals surface area contributed by atoms with Gasteiger partial charge in [0.05, 0.1) is 0 Å². The van der Waals surface area contributed by atoms with Crippen LogP contribution in [0.25, 0.3) is 0 Å². The highest BCUT2D eigenvalue weighted by Gasteiger charge is 2.24. The van der Waals surface area contributed by atoms with Crippen molar-refractivity contribution < 1.29 is 14.3 Å². The molecule has 1 unspecified atom stereocenters. The Morgan fingerprint density at radius 3 is 2.81 bits per heavy atom. The summed E-state index contributed by atoms with van der Waals surface area (Å²) in [6, 6.07) is 0. The van der Waals surface area contributed by atoms with Gasteiger partial charge in [0.25, 0.3) is 0 Å². The molecule has 16 heavy (non-hydrogen) atoms. The third-order valence-corrected chi connectivity index (χ3v) is 2.72. The van der Waals surface area contributed by atoms with Crippen LogP contribution in [0.5, 0.6) is 0 Å². The van der Waals surface area contributed by atoms with Crippen molar-refractivity contribution in [1.29, 1.82) is 0 Å². The fourth-order valence-electron chi connectivity index (χ4n) is 1.69. The number of hydrogen-bond donors (Lipinski definition) is 1. The minimum atomic E-state index is -0.787. The van der Waals surface area contributed by atoms with Gasteiger partial charge in [-0.15, -0.1) is 10.2 Å². The van der Waals surface area contributed by atoms with Crippen molar-refractivity contribution in [1.82, 2.24) is 10.2 Å². The van der Waals surface area contributed by atoms with Crippen LogP contribution < -0.4 is 0 Å². The van der Waals surface area contributed by atoms with Gasteiger partial charge < -0.3 is 9.52 Å². The molecule has 88 valence electrons. The average molecular weight is 224 g/mol. The fraction of sp³-hybridized carbons (Fsp3) is 0.727. The fourth-order valence-corrected chi connectivity index (χ4v) is 1.69. The zero-order valence-electron chi connectivity index (χ0n) is 9.35. The average Bonchev–Trinajstić information content (AvgIpc) is 2.86. The summed E-state index contributed by atoms with van der Waals surface area (Å²) in [5.74, 6) is 1.23. The minimum Gasteiger partial charge on any atom is -0.481 e. The molecule has 2 rings (SSSR count). The largest absolute Gasteiger partial charge is 0.481 e. The van der Waals surface area contributed by atoms with Crippen LogP contribution in [0.2, 0.25) is 0 Å². The lowest BCUT2D eigenvalue weighted by Crippen LogP contribution is -2.07. The van der Waals surface area contributed by atoms with E-state index in [1.807, 2.05) is 6.92 Å². The second kappa shape index (κ2) is 4.63. The van der Waals surface area contributed by atoms with Crippen LogP contribution in [0.1, 0.15) is 38.0 Å². The summed E-state index contributed by atoms with van der Waals surface area (Å²) in [6.07, 6.45) is 4.07. The Bertz CT molecular complexity index is 371. The molecule has 1 aliphatic carbocycles. The summed E-state index contributed by atoms with van der Waals surface area (Å²) in [7, 11) is 0. The lowest BCUT2D eigenvalue weighted by Gasteiger charge is -2.03. The molecule has 1 fully saturated rings. The molecule has 1 heterocycles. The number of carbonyl (C=O) groups is 1. The SMILES string of the molecule is CC(CC(=O)O)Cc1nnc(CC2CC2)o1.